The number of ether oxygens (including phenoxy) is 2. The van der Waals surface area contributed by atoms with Gasteiger partial charge < -0.3 is 20.5 Å². The lowest BCUT2D eigenvalue weighted by atomic mass is 10.1. The van der Waals surface area contributed by atoms with Crippen LogP contribution in [-0.2, 0) is 11.3 Å². The molecule has 0 saturated carbocycles. The molecule has 0 amide bonds. The Hall–Kier alpha value is -3.68. The Labute approximate surface area is 162 Å². The van der Waals surface area contributed by atoms with Gasteiger partial charge in [-0.1, -0.05) is 29.3 Å². The first kappa shape index (κ1) is 19.1. The molecule has 0 fully saturated rings. The third-order valence-electron chi connectivity index (χ3n) is 3.91. The Morgan fingerprint density at radius 2 is 1.75 bits per heavy atom. The molecule has 0 aliphatic heterocycles. The number of benzene rings is 2. The average molecular weight is 379 g/mol. The van der Waals surface area contributed by atoms with Crippen LogP contribution in [0, 0.1) is 13.8 Å². The Kier molecular flexibility index (Phi) is 5.69. The second kappa shape index (κ2) is 8.34. The molecule has 0 spiro atoms. The average Bonchev–Trinajstić information content (AvgIpc) is 2.67. The van der Waals surface area contributed by atoms with E-state index in [1.165, 1.54) is 7.11 Å². The van der Waals surface area contributed by atoms with Crippen molar-refractivity contribution in [2.75, 3.05) is 18.2 Å². The van der Waals surface area contributed by atoms with E-state index >= 15 is 0 Å². The maximum atomic E-state index is 12.4. The first-order valence-corrected chi connectivity index (χ1v) is 8.60. The van der Waals surface area contributed by atoms with Crippen LogP contribution in [0.2, 0.25) is 0 Å². The van der Waals surface area contributed by atoms with Crippen molar-refractivity contribution in [3.05, 3.63) is 65.0 Å². The van der Waals surface area contributed by atoms with Crippen molar-refractivity contribution in [3.8, 4) is 5.75 Å². The van der Waals surface area contributed by atoms with Gasteiger partial charge in [0.1, 0.15) is 11.3 Å². The van der Waals surface area contributed by atoms with Gasteiger partial charge in [0.25, 0.3) is 0 Å². The second-order valence-electron chi connectivity index (χ2n) is 6.20. The number of nitrogen functional groups attached to an aromatic ring is 1. The van der Waals surface area contributed by atoms with Gasteiger partial charge in [0.05, 0.1) is 7.11 Å². The molecule has 0 saturated heterocycles. The zero-order chi connectivity index (χ0) is 20.1. The van der Waals surface area contributed by atoms with Gasteiger partial charge in [0, 0.05) is 5.69 Å². The predicted octanol–water partition coefficient (Wildman–Crippen LogP) is 3.18. The summed E-state index contributed by atoms with van der Waals surface area (Å²) in [4.78, 5) is 24.8. The Morgan fingerprint density at radius 1 is 1.04 bits per heavy atom. The highest BCUT2D eigenvalue weighted by molar-refractivity contribution is 5.92. The normalized spacial score (nSPS) is 10.4. The summed E-state index contributed by atoms with van der Waals surface area (Å²) in [6.45, 7) is 3.73. The summed E-state index contributed by atoms with van der Waals surface area (Å²) in [5.41, 5.74) is 8.96. The number of aryl methyl sites for hydroxylation is 2. The zero-order valence-corrected chi connectivity index (χ0v) is 15.9. The number of rotatable bonds is 6. The summed E-state index contributed by atoms with van der Waals surface area (Å²) in [6.07, 6.45) is 0. The molecule has 8 heteroatoms. The fourth-order valence-corrected chi connectivity index (χ4v) is 2.51. The number of nitrogens with two attached hydrogens (primary N) is 1. The smallest absolute Gasteiger partial charge is 0.342 e. The molecule has 0 atom stereocenters. The molecule has 0 bridgehead atoms. The van der Waals surface area contributed by atoms with Crippen molar-refractivity contribution in [1.82, 2.24) is 15.0 Å². The highest BCUT2D eigenvalue weighted by Crippen LogP contribution is 2.21. The molecule has 8 nitrogen and oxygen atoms in total. The molecule has 0 unspecified atom stereocenters. The monoisotopic (exact) mass is 379 g/mol. The van der Waals surface area contributed by atoms with E-state index in [-0.39, 0.29) is 24.3 Å². The number of nitrogens with one attached hydrogen (secondary N) is 1. The molecule has 28 heavy (non-hydrogen) atoms. The quantitative estimate of drug-likeness (QED) is 0.628. The third kappa shape index (κ3) is 4.73. The van der Waals surface area contributed by atoms with Crippen molar-refractivity contribution in [2.45, 2.75) is 20.5 Å². The lowest BCUT2D eigenvalue weighted by Crippen LogP contribution is -2.12. The molecule has 3 rings (SSSR count). The molecule has 144 valence electrons. The number of hydrogen-bond acceptors (Lipinski definition) is 8. The molecule has 1 aromatic heterocycles. The maximum Gasteiger partial charge on any atom is 0.342 e. The number of anilines is 3. The van der Waals surface area contributed by atoms with E-state index in [0.717, 1.165) is 16.8 Å². The van der Waals surface area contributed by atoms with Crippen molar-refractivity contribution in [1.29, 1.82) is 0 Å². The number of nitrogens with zero attached hydrogens (tertiary/aromatic N) is 3. The van der Waals surface area contributed by atoms with Gasteiger partial charge in [-0.05, 0) is 38.1 Å². The molecule has 2 aromatic carbocycles. The lowest BCUT2D eigenvalue weighted by molar-refractivity contribution is 0.0458. The summed E-state index contributed by atoms with van der Waals surface area (Å²) in [6, 6.07) is 13.0. The molecule has 1 heterocycles. The van der Waals surface area contributed by atoms with Crippen LogP contribution >= 0.6 is 0 Å². The summed E-state index contributed by atoms with van der Waals surface area (Å²) < 4.78 is 10.5. The summed E-state index contributed by atoms with van der Waals surface area (Å²) in [7, 11) is 1.50. The van der Waals surface area contributed by atoms with E-state index in [0.29, 0.717) is 11.3 Å². The van der Waals surface area contributed by atoms with Gasteiger partial charge in [-0.15, -0.1) is 0 Å². The van der Waals surface area contributed by atoms with Gasteiger partial charge in [-0.25, -0.2) is 4.79 Å². The maximum absolute atomic E-state index is 12.4. The Morgan fingerprint density at radius 3 is 2.46 bits per heavy atom. The first-order chi connectivity index (χ1) is 13.4. The van der Waals surface area contributed by atoms with Crippen molar-refractivity contribution < 1.29 is 14.3 Å². The van der Waals surface area contributed by atoms with Crippen LogP contribution in [0.4, 0.5) is 17.6 Å². The molecule has 3 N–H and O–H groups in total. The first-order valence-electron chi connectivity index (χ1n) is 8.60. The highest BCUT2D eigenvalue weighted by Gasteiger charge is 2.15. The van der Waals surface area contributed by atoms with Crippen LogP contribution in [0.1, 0.15) is 27.3 Å². The molecule has 0 aliphatic carbocycles. The van der Waals surface area contributed by atoms with Crippen LogP contribution in [0.5, 0.6) is 5.75 Å². The van der Waals surface area contributed by atoms with E-state index < -0.39 is 5.97 Å². The van der Waals surface area contributed by atoms with Crippen molar-refractivity contribution in [3.63, 3.8) is 0 Å². The minimum absolute atomic E-state index is 0.0313. The van der Waals surface area contributed by atoms with Gasteiger partial charge in [0.2, 0.25) is 11.9 Å². The van der Waals surface area contributed by atoms with Crippen LogP contribution in [0.15, 0.2) is 42.5 Å². The zero-order valence-electron chi connectivity index (χ0n) is 15.9. The Balaban J connectivity index is 1.72. The van der Waals surface area contributed by atoms with E-state index in [2.05, 4.69) is 20.3 Å². The minimum Gasteiger partial charge on any atom is -0.496 e. The number of hydrogen-bond donors (Lipinski definition) is 2. The van der Waals surface area contributed by atoms with E-state index in [1.807, 2.05) is 44.2 Å². The number of carbonyl (C=O) groups excluding carboxylic acids is 1. The number of methoxy groups -OCH3 is 1. The van der Waals surface area contributed by atoms with Crippen LogP contribution in [-0.4, -0.2) is 28.0 Å². The summed E-state index contributed by atoms with van der Waals surface area (Å²) in [5.74, 6) is 0.446. The van der Waals surface area contributed by atoms with Gasteiger partial charge in [-0.3, -0.25) is 0 Å². The van der Waals surface area contributed by atoms with Crippen LogP contribution in [0.25, 0.3) is 0 Å². The SMILES string of the molecule is COc1ccc(C)cc1C(=O)OCc1nc(N)nc(Nc2ccc(C)cc2)n1. The topological polar surface area (TPSA) is 112 Å². The number of esters is 1. The third-order valence-corrected chi connectivity index (χ3v) is 3.91. The fraction of sp³-hybridized carbons (Fsp3) is 0.200. The van der Waals surface area contributed by atoms with Crippen molar-refractivity contribution >= 4 is 23.6 Å². The minimum atomic E-state index is -0.535. The van der Waals surface area contributed by atoms with Gasteiger partial charge >= 0.3 is 5.97 Å². The van der Waals surface area contributed by atoms with Crippen molar-refractivity contribution in [2.24, 2.45) is 0 Å². The van der Waals surface area contributed by atoms with Gasteiger partial charge in [0.15, 0.2) is 12.4 Å². The largest absolute Gasteiger partial charge is 0.496 e. The van der Waals surface area contributed by atoms with Crippen LogP contribution in [0.3, 0.4) is 0 Å². The predicted molar refractivity (Wildman–Crippen MR) is 106 cm³/mol. The Bertz CT molecular complexity index is 990. The summed E-state index contributed by atoms with van der Waals surface area (Å²) in [5, 5.41) is 3.05. The van der Waals surface area contributed by atoms with Crippen LogP contribution < -0.4 is 15.8 Å². The van der Waals surface area contributed by atoms with E-state index in [4.69, 9.17) is 15.2 Å². The fourth-order valence-electron chi connectivity index (χ4n) is 2.51. The van der Waals surface area contributed by atoms with E-state index in [9.17, 15) is 4.79 Å². The summed E-state index contributed by atoms with van der Waals surface area (Å²) >= 11 is 0. The molecule has 3 aromatic rings. The molecule has 0 aliphatic rings. The standard InChI is InChI=1S/C20H21N5O3/c1-12-4-7-14(8-5-12)22-20-24-17(23-19(21)25-20)11-28-18(26)15-10-13(2)6-9-16(15)27-3/h4-10H,11H2,1-3H3,(H3,21,22,23,24,25). The highest BCUT2D eigenvalue weighted by atomic mass is 16.5. The molecular formula is C20H21N5O3. The van der Waals surface area contributed by atoms with E-state index in [1.54, 1.807) is 12.1 Å². The number of aromatic nitrogens is 3. The molecule has 0 radical (unpaired) electrons. The lowest BCUT2D eigenvalue weighted by Gasteiger charge is -2.10. The number of carbonyl (C=O) groups is 1. The molecular weight excluding hydrogens is 358 g/mol. The second-order valence-corrected chi connectivity index (χ2v) is 6.20. The van der Waals surface area contributed by atoms with Gasteiger partial charge in [-0.2, -0.15) is 15.0 Å².